The second-order valence-electron chi connectivity index (χ2n) is 6.73. The first-order chi connectivity index (χ1) is 13.3. The molecule has 0 atom stereocenters. The molecule has 2 aromatic rings. The molecule has 3 rings (SSSR count). The van der Waals surface area contributed by atoms with Crippen molar-refractivity contribution in [3.8, 4) is 5.75 Å². The Morgan fingerprint density at radius 1 is 0.821 bits per heavy atom. The Kier molecular flexibility index (Phi) is 6.51. The molecule has 0 saturated carbocycles. The summed E-state index contributed by atoms with van der Waals surface area (Å²) >= 11 is 0. The second kappa shape index (κ2) is 8.87. The Balaban J connectivity index is 1.51. The van der Waals surface area contributed by atoms with Crippen LogP contribution in [0, 0.1) is 0 Å². The summed E-state index contributed by atoms with van der Waals surface area (Å²) in [6.45, 7) is 0.858. The van der Waals surface area contributed by atoms with Gasteiger partial charge >= 0.3 is 12.8 Å². The number of hydrogen-bond acceptors (Lipinski definition) is 3. The summed E-state index contributed by atoms with van der Waals surface area (Å²) in [5, 5.41) is 0. The van der Waals surface area contributed by atoms with Gasteiger partial charge in [-0.1, -0.05) is 30.3 Å². The molecule has 1 heterocycles. The first kappa shape index (κ1) is 20.5. The van der Waals surface area contributed by atoms with Crippen molar-refractivity contribution >= 4 is 0 Å². The third kappa shape index (κ3) is 5.65. The van der Waals surface area contributed by atoms with Gasteiger partial charge < -0.3 is 4.74 Å². The lowest BCUT2D eigenvalue weighted by molar-refractivity contribution is -0.138. The number of nitrogens with zero attached hydrogens (tertiary/aromatic N) is 2. The van der Waals surface area contributed by atoms with E-state index in [4.69, 9.17) is 0 Å². The average molecular weight is 400 g/mol. The minimum absolute atomic E-state index is 0.117. The molecule has 0 unspecified atom stereocenters. The lowest BCUT2D eigenvalue weighted by Crippen LogP contribution is -2.45. The van der Waals surface area contributed by atoms with E-state index in [1.54, 1.807) is 18.2 Å². The van der Waals surface area contributed by atoms with E-state index >= 15 is 0 Å². The van der Waals surface area contributed by atoms with Crippen LogP contribution in [-0.2, 0) is 19.3 Å². The van der Waals surface area contributed by atoms with E-state index < -0.39 is 18.4 Å². The van der Waals surface area contributed by atoms with Gasteiger partial charge in [0.25, 0.3) is 0 Å². The van der Waals surface area contributed by atoms with Gasteiger partial charge in [-0.15, -0.1) is 0 Å². The summed E-state index contributed by atoms with van der Waals surface area (Å²) < 4.78 is 68.1. The highest BCUT2D eigenvalue weighted by molar-refractivity contribution is 5.30. The van der Waals surface area contributed by atoms with Crippen LogP contribution in [0.1, 0.15) is 16.7 Å². The fourth-order valence-electron chi connectivity index (χ4n) is 3.32. The quantitative estimate of drug-likeness (QED) is 0.658. The second-order valence-corrected chi connectivity index (χ2v) is 6.73. The monoisotopic (exact) mass is 400 g/mol. The van der Waals surface area contributed by atoms with Crippen LogP contribution in [0.4, 0.5) is 22.0 Å². The number of rotatable bonds is 6. The maximum absolute atomic E-state index is 13.1. The van der Waals surface area contributed by atoms with E-state index in [0.717, 1.165) is 24.7 Å². The van der Waals surface area contributed by atoms with Gasteiger partial charge in [-0.05, 0) is 29.3 Å². The molecule has 2 aromatic carbocycles. The van der Waals surface area contributed by atoms with E-state index in [9.17, 15) is 22.0 Å². The highest BCUT2D eigenvalue weighted by atomic mass is 19.4. The van der Waals surface area contributed by atoms with Gasteiger partial charge in [0.2, 0.25) is 0 Å². The van der Waals surface area contributed by atoms with Crippen LogP contribution in [-0.4, -0.2) is 42.6 Å². The van der Waals surface area contributed by atoms with Crippen LogP contribution in [0.2, 0.25) is 0 Å². The van der Waals surface area contributed by atoms with Crippen molar-refractivity contribution < 1.29 is 26.7 Å². The minimum Gasteiger partial charge on any atom is -0.435 e. The summed E-state index contributed by atoms with van der Waals surface area (Å²) in [4.78, 5) is 4.20. The highest BCUT2D eigenvalue weighted by Crippen LogP contribution is 2.32. The third-order valence-electron chi connectivity index (χ3n) is 4.74. The SMILES string of the molecule is FC(F)Oc1ccc(CN2CCN(Cc3ccccc3C(F)(F)F)CC2)cc1. The lowest BCUT2D eigenvalue weighted by atomic mass is 10.1. The molecule has 0 aromatic heterocycles. The van der Waals surface area contributed by atoms with Crippen molar-refractivity contribution in [3.63, 3.8) is 0 Å². The van der Waals surface area contributed by atoms with E-state index in [2.05, 4.69) is 9.64 Å². The average Bonchev–Trinajstić information content (AvgIpc) is 2.64. The van der Waals surface area contributed by atoms with Crippen LogP contribution in [0.25, 0.3) is 0 Å². The molecule has 28 heavy (non-hydrogen) atoms. The summed E-state index contributed by atoms with van der Waals surface area (Å²) in [6.07, 6.45) is -4.35. The van der Waals surface area contributed by atoms with Crippen molar-refractivity contribution in [2.75, 3.05) is 26.2 Å². The molecule has 152 valence electrons. The molecule has 0 radical (unpaired) electrons. The maximum atomic E-state index is 13.1. The fourth-order valence-corrected chi connectivity index (χ4v) is 3.32. The van der Waals surface area contributed by atoms with E-state index in [1.165, 1.54) is 24.3 Å². The smallest absolute Gasteiger partial charge is 0.416 e. The van der Waals surface area contributed by atoms with Crippen molar-refractivity contribution in [2.24, 2.45) is 0 Å². The molecular formula is C20H21F5N2O. The summed E-state index contributed by atoms with van der Waals surface area (Å²) in [7, 11) is 0. The van der Waals surface area contributed by atoms with Crippen molar-refractivity contribution in [1.82, 2.24) is 9.80 Å². The molecule has 1 aliphatic heterocycles. The summed E-state index contributed by atoms with van der Waals surface area (Å²) in [5.74, 6) is 0.117. The standard InChI is InChI=1S/C20H21F5N2O/c21-19(22)28-17-7-5-15(6-8-17)13-26-9-11-27(12-10-26)14-16-3-1-2-4-18(16)20(23,24)25/h1-8,19H,9-14H2. The van der Waals surface area contributed by atoms with E-state index in [1.807, 2.05) is 4.90 Å². The first-order valence-electron chi connectivity index (χ1n) is 8.95. The van der Waals surface area contributed by atoms with Gasteiger partial charge in [0, 0.05) is 39.3 Å². The van der Waals surface area contributed by atoms with E-state index in [-0.39, 0.29) is 17.9 Å². The van der Waals surface area contributed by atoms with Gasteiger partial charge in [-0.25, -0.2) is 0 Å². The third-order valence-corrected chi connectivity index (χ3v) is 4.74. The lowest BCUT2D eigenvalue weighted by Gasteiger charge is -2.35. The van der Waals surface area contributed by atoms with Gasteiger partial charge in [0.1, 0.15) is 5.75 Å². The predicted octanol–water partition coefficient (Wildman–Crippen LogP) is 4.62. The molecule has 3 nitrogen and oxygen atoms in total. The predicted molar refractivity (Wildman–Crippen MR) is 95.1 cm³/mol. The molecule has 0 bridgehead atoms. The Hall–Kier alpha value is -2.19. The largest absolute Gasteiger partial charge is 0.435 e. The van der Waals surface area contributed by atoms with Gasteiger partial charge in [-0.2, -0.15) is 22.0 Å². The Bertz CT molecular complexity index is 756. The molecule has 0 N–H and O–H groups in total. The zero-order chi connectivity index (χ0) is 20.1. The number of halogens is 5. The molecule has 0 amide bonds. The highest BCUT2D eigenvalue weighted by Gasteiger charge is 2.33. The number of ether oxygens (including phenoxy) is 1. The van der Waals surface area contributed by atoms with Gasteiger partial charge in [0.05, 0.1) is 5.56 Å². The summed E-state index contributed by atoms with van der Waals surface area (Å²) in [6, 6.07) is 12.2. The molecule has 1 fully saturated rings. The van der Waals surface area contributed by atoms with Crippen LogP contribution < -0.4 is 4.74 Å². The first-order valence-corrected chi connectivity index (χ1v) is 8.95. The van der Waals surface area contributed by atoms with Crippen LogP contribution >= 0.6 is 0 Å². The zero-order valence-electron chi connectivity index (χ0n) is 15.1. The number of hydrogen-bond donors (Lipinski definition) is 0. The van der Waals surface area contributed by atoms with Crippen molar-refractivity contribution in [3.05, 3.63) is 65.2 Å². The van der Waals surface area contributed by atoms with E-state index in [0.29, 0.717) is 19.6 Å². The van der Waals surface area contributed by atoms with Crippen molar-refractivity contribution in [1.29, 1.82) is 0 Å². The maximum Gasteiger partial charge on any atom is 0.416 e. The normalized spacial score (nSPS) is 16.5. The number of benzene rings is 2. The van der Waals surface area contributed by atoms with Gasteiger partial charge in [0.15, 0.2) is 0 Å². The molecule has 8 heteroatoms. The molecular weight excluding hydrogens is 379 g/mol. The Morgan fingerprint density at radius 3 is 1.96 bits per heavy atom. The van der Waals surface area contributed by atoms with Crippen LogP contribution in [0.5, 0.6) is 5.75 Å². The minimum atomic E-state index is -4.35. The Labute approximate surface area is 160 Å². The fraction of sp³-hybridized carbons (Fsp3) is 0.400. The van der Waals surface area contributed by atoms with Crippen LogP contribution in [0.3, 0.4) is 0 Å². The molecule has 0 spiro atoms. The zero-order valence-corrected chi connectivity index (χ0v) is 15.1. The van der Waals surface area contributed by atoms with Crippen molar-refractivity contribution in [2.45, 2.75) is 25.9 Å². The molecule has 1 saturated heterocycles. The van der Waals surface area contributed by atoms with Gasteiger partial charge in [-0.3, -0.25) is 9.80 Å². The van der Waals surface area contributed by atoms with Crippen LogP contribution in [0.15, 0.2) is 48.5 Å². The molecule has 0 aliphatic carbocycles. The summed E-state index contributed by atoms with van der Waals surface area (Å²) in [5.41, 5.74) is 0.680. The number of alkyl halides is 5. The Morgan fingerprint density at radius 2 is 1.39 bits per heavy atom. The topological polar surface area (TPSA) is 15.7 Å². The number of piperazine rings is 1. The molecule has 1 aliphatic rings.